The fourth-order valence-electron chi connectivity index (χ4n) is 2.62. The molecule has 0 bridgehead atoms. The molecule has 17 heavy (non-hydrogen) atoms. The van der Waals surface area contributed by atoms with Crippen LogP contribution in [0.5, 0.6) is 0 Å². The number of pyridine rings is 1. The topological polar surface area (TPSA) is 42.2 Å². The Bertz CT molecular complexity index is 364. The van der Waals surface area contributed by atoms with Gasteiger partial charge in [0.1, 0.15) is 5.82 Å². The van der Waals surface area contributed by atoms with Gasteiger partial charge in [0.05, 0.1) is 0 Å². The minimum absolute atomic E-state index is 0.595. The summed E-state index contributed by atoms with van der Waals surface area (Å²) in [5.74, 6) is 1.91. The van der Waals surface area contributed by atoms with E-state index >= 15 is 0 Å². The molecule has 0 radical (unpaired) electrons. The van der Waals surface area contributed by atoms with Crippen LogP contribution < -0.4 is 10.6 Å². The molecule has 1 aliphatic heterocycles. The van der Waals surface area contributed by atoms with Gasteiger partial charge in [-0.2, -0.15) is 0 Å². The van der Waals surface area contributed by atoms with Crippen LogP contribution in [0.2, 0.25) is 0 Å². The molecule has 2 rings (SSSR count). The maximum absolute atomic E-state index is 5.67. The predicted octanol–water partition coefficient (Wildman–Crippen LogP) is 2.21. The molecule has 2 heterocycles. The number of hydrogen-bond acceptors (Lipinski definition) is 3. The van der Waals surface area contributed by atoms with Gasteiger partial charge >= 0.3 is 0 Å². The van der Waals surface area contributed by atoms with Crippen LogP contribution in [-0.4, -0.2) is 24.1 Å². The molecule has 0 saturated carbocycles. The molecule has 1 aromatic rings. The van der Waals surface area contributed by atoms with Crippen molar-refractivity contribution in [2.75, 3.05) is 18.0 Å². The van der Waals surface area contributed by atoms with Crippen molar-refractivity contribution in [1.29, 1.82) is 0 Å². The van der Waals surface area contributed by atoms with Crippen LogP contribution >= 0.6 is 0 Å². The summed E-state index contributed by atoms with van der Waals surface area (Å²) in [7, 11) is 0. The lowest BCUT2D eigenvalue weighted by atomic mass is 9.94. The average Bonchev–Trinajstić information content (AvgIpc) is 2.34. The van der Waals surface area contributed by atoms with Gasteiger partial charge in [-0.25, -0.2) is 4.98 Å². The minimum atomic E-state index is 0.595. The lowest BCUT2D eigenvalue weighted by Gasteiger charge is -2.38. The lowest BCUT2D eigenvalue weighted by molar-refractivity contribution is 0.387. The van der Waals surface area contributed by atoms with Crippen molar-refractivity contribution >= 4 is 5.82 Å². The van der Waals surface area contributed by atoms with Crippen LogP contribution in [0, 0.1) is 5.92 Å². The van der Waals surface area contributed by atoms with Crippen molar-refractivity contribution in [3.8, 4) is 0 Å². The highest BCUT2D eigenvalue weighted by atomic mass is 15.2. The Morgan fingerprint density at radius 2 is 2.24 bits per heavy atom. The fourth-order valence-corrected chi connectivity index (χ4v) is 2.62. The quantitative estimate of drug-likeness (QED) is 0.870. The Labute approximate surface area is 104 Å². The molecular formula is C14H23N3. The van der Waals surface area contributed by atoms with Gasteiger partial charge in [0, 0.05) is 18.8 Å². The summed E-state index contributed by atoms with van der Waals surface area (Å²) >= 11 is 0. The van der Waals surface area contributed by atoms with Crippen molar-refractivity contribution < 1.29 is 0 Å². The minimum Gasteiger partial charge on any atom is -0.353 e. The second-order valence-corrected chi connectivity index (χ2v) is 5.21. The van der Waals surface area contributed by atoms with Crippen LogP contribution in [0.4, 0.5) is 5.82 Å². The summed E-state index contributed by atoms with van der Waals surface area (Å²) in [4.78, 5) is 7.03. The lowest BCUT2D eigenvalue weighted by Crippen LogP contribution is -2.42. The van der Waals surface area contributed by atoms with E-state index < -0.39 is 0 Å². The second kappa shape index (κ2) is 5.50. The molecule has 2 N–H and O–H groups in total. The monoisotopic (exact) mass is 233 g/mol. The van der Waals surface area contributed by atoms with E-state index in [-0.39, 0.29) is 0 Å². The van der Waals surface area contributed by atoms with Crippen molar-refractivity contribution in [2.45, 2.75) is 39.2 Å². The van der Waals surface area contributed by atoms with Gasteiger partial charge < -0.3 is 10.6 Å². The van der Waals surface area contributed by atoms with Gasteiger partial charge in [0.25, 0.3) is 0 Å². The molecule has 1 fully saturated rings. The zero-order valence-corrected chi connectivity index (χ0v) is 10.9. The maximum atomic E-state index is 5.67. The molecule has 94 valence electrons. The van der Waals surface area contributed by atoms with Crippen molar-refractivity contribution in [1.82, 2.24) is 4.98 Å². The summed E-state index contributed by atoms with van der Waals surface area (Å²) in [6.45, 7) is 6.43. The SMILES string of the molecule is CC1CCC(C)N(c2ncccc2CCN)C1. The van der Waals surface area contributed by atoms with Gasteiger partial charge in [0.15, 0.2) is 0 Å². The first-order chi connectivity index (χ1) is 8.22. The fraction of sp³-hybridized carbons (Fsp3) is 0.643. The molecule has 0 aromatic carbocycles. The summed E-state index contributed by atoms with van der Waals surface area (Å²) in [5, 5.41) is 0. The summed E-state index contributed by atoms with van der Waals surface area (Å²) in [6, 6.07) is 4.76. The standard InChI is InChI=1S/C14H23N3/c1-11-5-6-12(2)17(10-11)14-13(7-8-15)4-3-9-16-14/h3-4,9,11-12H,5-8,10,15H2,1-2H3. The number of aromatic nitrogens is 1. The Morgan fingerprint density at radius 1 is 1.41 bits per heavy atom. The van der Waals surface area contributed by atoms with Crippen LogP contribution in [0.25, 0.3) is 0 Å². The van der Waals surface area contributed by atoms with E-state index in [1.54, 1.807) is 0 Å². The summed E-state index contributed by atoms with van der Waals surface area (Å²) in [5.41, 5.74) is 6.96. The first kappa shape index (κ1) is 12.4. The molecule has 2 atom stereocenters. The van der Waals surface area contributed by atoms with Crippen LogP contribution in [0.1, 0.15) is 32.3 Å². The summed E-state index contributed by atoms with van der Waals surface area (Å²) in [6.07, 6.45) is 5.40. The van der Waals surface area contributed by atoms with E-state index in [9.17, 15) is 0 Å². The molecule has 0 amide bonds. The first-order valence-corrected chi connectivity index (χ1v) is 6.63. The molecule has 2 unspecified atom stereocenters. The number of hydrogen-bond donors (Lipinski definition) is 1. The number of rotatable bonds is 3. The molecule has 3 heteroatoms. The Kier molecular flexibility index (Phi) is 4.00. The van der Waals surface area contributed by atoms with Crippen molar-refractivity contribution in [3.05, 3.63) is 23.9 Å². The van der Waals surface area contributed by atoms with E-state index in [2.05, 4.69) is 29.8 Å². The molecule has 0 aliphatic carbocycles. The molecule has 1 aliphatic rings. The van der Waals surface area contributed by atoms with E-state index in [1.165, 1.54) is 18.4 Å². The van der Waals surface area contributed by atoms with Gasteiger partial charge in [-0.05, 0) is 50.3 Å². The van der Waals surface area contributed by atoms with E-state index in [4.69, 9.17) is 5.73 Å². The number of nitrogens with zero attached hydrogens (tertiary/aromatic N) is 2. The van der Waals surface area contributed by atoms with Gasteiger partial charge in [-0.1, -0.05) is 13.0 Å². The first-order valence-electron chi connectivity index (χ1n) is 6.63. The number of anilines is 1. The van der Waals surface area contributed by atoms with Crippen molar-refractivity contribution in [2.24, 2.45) is 11.7 Å². The highest BCUT2D eigenvalue weighted by Gasteiger charge is 2.25. The highest BCUT2D eigenvalue weighted by Crippen LogP contribution is 2.28. The third-order valence-corrected chi connectivity index (χ3v) is 3.67. The normalized spacial score (nSPS) is 25.0. The smallest absolute Gasteiger partial charge is 0.131 e. The molecule has 1 aromatic heterocycles. The van der Waals surface area contributed by atoms with Crippen LogP contribution in [0.15, 0.2) is 18.3 Å². The van der Waals surface area contributed by atoms with E-state index in [1.807, 2.05) is 12.3 Å². The predicted molar refractivity (Wildman–Crippen MR) is 72.2 cm³/mol. The number of piperidine rings is 1. The maximum Gasteiger partial charge on any atom is 0.131 e. The Hall–Kier alpha value is -1.09. The van der Waals surface area contributed by atoms with E-state index in [0.717, 1.165) is 24.7 Å². The Balaban J connectivity index is 2.25. The average molecular weight is 233 g/mol. The third kappa shape index (κ3) is 2.78. The third-order valence-electron chi connectivity index (χ3n) is 3.67. The van der Waals surface area contributed by atoms with Crippen LogP contribution in [-0.2, 0) is 6.42 Å². The molecule has 0 spiro atoms. The van der Waals surface area contributed by atoms with Gasteiger partial charge in [-0.3, -0.25) is 0 Å². The highest BCUT2D eigenvalue weighted by molar-refractivity contribution is 5.48. The van der Waals surface area contributed by atoms with Gasteiger partial charge in [0.2, 0.25) is 0 Å². The van der Waals surface area contributed by atoms with Crippen LogP contribution in [0.3, 0.4) is 0 Å². The zero-order chi connectivity index (χ0) is 12.3. The number of nitrogens with two attached hydrogens (primary N) is 1. The largest absolute Gasteiger partial charge is 0.353 e. The van der Waals surface area contributed by atoms with Gasteiger partial charge in [-0.15, -0.1) is 0 Å². The zero-order valence-electron chi connectivity index (χ0n) is 10.9. The molecule has 1 saturated heterocycles. The second-order valence-electron chi connectivity index (χ2n) is 5.21. The molecule has 3 nitrogen and oxygen atoms in total. The van der Waals surface area contributed by atoms with E-state index in [0.29, 0.717) is 12.6 Å². The summed E-state index contributed by atoms with van der Waals surface area (Å²) < 4.78 is 0. The molecular weight excluding hydrogens is 210 g/mol. The van der Waals surface area contributed by atoms with Crippen molar-refractivity contribution in [3.63, 3.8) is 0 Å². The Morgan fingerprint density at radius 3 is 3.00 bits per heavy atom.